The number of rotatable bonds is 5. The Morgan fingerprint density at radius 2 is 2.18 bits per heavy atom. The number of ether oxygens (including phenoxy) is 2. The van der Waals surface area contributed by atoms with Crippen LogP contribution in [-0.2, 0) is 4.74 Å². The Morgan fingerprint density at radius 3 is 2.91 bits per heavy atom. The standard InChI is InChI=1S/C18H26N2O2/c1-2-16(11-19-7-1)21-13-17-10-18(14-22-17)5-8-20(9-6-18)12-15-3-4-15/h1-2,7,11,15,17H,3-6,8-10,12-14H2/t17-/m1/s1. The summed E-state index contributed by atoms with van der Waals surface area (Å²) >= 11 is 0. The van der Waals surface area contributed by atoms with Crippen LogP contribution in [0, 0.1) is 11.3 Å². The van der Waals surface area contributed by atoms with Gasteiger partial charge in [0.25, 0.3) is 0 Å². The summed E-state index contributed by atoms with van der Waals surface area (Å²) < 4.78 is 11.8. The van der Waals surface area contributed by atoms with Crippen LogP contribution in [0.1, 0.15) is 32.1 Å². The maximum absolute atomic E-state index is 6.03. The molecule has 0 bridgehead atoms. The zero-order valence-corrected chi connectivity index (χ0v) is 13.2. The lowest BCUT2D eigenvalue weighted by atomic mass is 9.76. The first-order valence-electron chi connectivity index (χ1n) is 8.68. The molecule has 3 fully saturated rings. The van der Waals surface area contributed by atoms with E-state index in [0.717, 1.165) is 24.7 Å². The third kappa shape index (κ3) is 3.44. The van der Waals surface area contributed by atoms with Crippen LogP contribution in [0.4, 0.5) is 0 Å². The Hall–Kier alpha value is -1.13. The highest BCUT2D eigenvalue weighted by Gasteiger charge is 2.43. The molecule has 0 amide bonds. The van der Waals surface area contributed by atoms with Crippen LogP contribution >= 0.6 is 0 Å². The topological polar surface area (TPSA) is 34.6 Å². The number of nitrogens with zero attached hydrogens (tertiary/aromatic N) is 2. The Kier molecular flexibility index (Phi) is 4.05. The predicted octanol–water partition coefficient (Wildman–Crippen LogP) is 2.74. The van der Waals surface area contributed by atoms with Crippen LogP contribution in [0.5, 0.6) is 5.75 Å². The second kappa shape index (κ2) is 6.17. The molecule has 1 aromatic rings. The number of likely N-dealkylation sites (tertiary alicyclic amines) is 1. The molecule has 1 spiro atoms. The summed E-state index contributed by atoms with van der Waals surface area (Å²) in [5.74, 6) is 1.85. The third-order valence-corrected chi connectivity index (χ3v) is 5.49. The van der Waals surface area contributed by atoms with Crippen LogP contribution in [-0.4, -0.2) is 48.8 Å². The summed E-state index contributed by atoms with van der Waals surface area (Å²) in [5, 5.41) is 0. The highest BCUT2D eigenvalue weighted by molar-refractivity contribution is 5.15. The van der Waals surface area contributed by atoms with E-state index in [2.05, 4.69) is 9.88 Å². The van der Waals surface area contributed by atoms with Crippen molar-refractivity contribution in [1.29, 1.82) is 0 Å². The van der Waals surface area contributed by atoms with Crippen molar-refractivity contribution >= 4 is 0 Å². The van der Waals surface area contributed by atoms with Crippen LogP contribution in [0.3, 0.4) is 0 Å². The van der Waals surface area contributed by atoms with E-state index in [4.69, 9.17) is 9.47 Å². The summed E-state index contributed by atoms with van der Waals surface area (Å²) in [6.07, 6.45) is 10.4. The highest BCUT2D eigenvalue weighted by atomic mass is 16.5. The molecule has 2 aliphatic heterocycles. The largest absolute Gasteiger partial charge is 0.489 e. The van der Waals surface area contributed by atoms with Crippen LogP contribution in [0.2, 0.25) is 0 Å². The molecular formula is C18H26N2O2. The van der Waals surface area contributed by atoms with Crippen molar-refractivity contribution in [1.82, 2.24) is 9.88 Å². The SMILES string of the molecule is c1cncc(OC[C@H]2CC3(CCN(CC4CC4)CC3)CO2)c1. The lowest BCUT2D eigenvalue weighted by Gasteiger charge is -2.38. The Morgan fingerprint density at radius 1 is 1.32 bits per heavy atom. The average molecular weight is 302 g/mol. The molecule has 4 nitrogen and oxygen atoms in total. The smallest absolute Gasteiger partial charge is 0.137 e. The minimum atomic E-state index is 0.246. The zero-order chi connectivity index (χ0) is 14.8. The van der Waals surface area contributed by atoms with Gasteiger partial charge < -0.3 is 14.4 Å². The quantitative estimate of drug-likeness (QED) is 0.837. The minimum absolute atomic E-state index is 0.246. The molecule has 4 heteroatoms. The van der Waals surface area contributed by atoms with Gasteiger partial charge in [0.05, 0.1) is 18.9 Å². The molecule has 3 heterocycles. The Balaban J connectivity index is 1.24. The van der Waals surface area contributed by atoms with Crippen LogP contribution in [0.25, 0.3) is 0 Å². The number of hydrogen-bond acceptors (Lipinski definition) is 4. The third-order valence-electron chi connectivity index (χ3n) is 5.49. The number of pyridine rings is 1. The molecule has 0 N–H and O–H groups in total. The van der Waals surface area contributed by atoms with Crippen molar-refractivity contribution in [2.75, 3.05) is 32.8 Å². The van der Waals surface area contributed by atoms with Gasteiger partial charge in [-0.05, 0) is 68.7 Å². The van der Waals surface area contributed by atoms with Gasteiger partial charge >= 0.3 is 0 Å². The molecule has 1 aromatic heterocycles. The fourth-order valence-electron chi connectivity index (χ4n) is 3.85. The Bertz CT molecular complexity index is 481. The summed E-state index contributed by atoms with van der Waals surface area (Å²) in [7, 11) is 0. The first-order chi connectivity index (χ1) is 10.8. The zero-order valence-electron chi connectivity index (χ0n) is 13.2. The van der Waals surface area contributed by atoms with Gasteiger partial charge in [0.15, 0.2) is 0 Å². The van der Waals surface area contributed by atoms with Gasteiger partial charge in [-0.2, -0.15) is 0 Å². The van der Waals surface area contributed by atoms with E-state index in [9.17, 15) is 0 Å². The maximum Gasteiger partial charge on any atom is 0.137 e. The summed E-state index contributed by atoms with van der Waals surface area (Å²) in [6, 6.07) is 3.86. The Labute approximate surface area is 132 Å². The highest BCUT2D eigenvalue weighted by Crippen LogP contribution is 2.42. The normalized spacial score (nSPS) is 28.1. The fraction of sp³-hybridized carbons (Fsp3) is 0.722. The van der Waals surface area contributed by atoms with Crippen molar-refractivity contribution in [2.45, 2.75) is 38.2 Å². The summed E-state index contributed by atoms with van der Waals surface area (Å²) in [5.41, 5.74) is 0.420. The molecule has 0 aromatic carbocycles. The number of piperidine rings is 1. The van der Waals surface area contributed by atoms with Crippen molar-refractivity contribution in [3.05, 3.63) is 24.5 Å². The van der Waals surface area contributed by atoms with Gasteiger partial charge in [0.1, 0.15) is 12.4 Å². The van der Waals surface area contributed by atoms with E-state index in [-0.39, 0.29) is 6.10 Å². The van der Waals surface area contributed by atoms with Crippen molar-refractivity contribution in [2.24, 2.45) is 11.3 Å². The van der Waals surface area contributed by atoms with Gasteiger partial charge in [0, 0.05) is 12.7 Å². The molecule has 22 heavy (non-hydrogen) atoms. The van der Waals surface area contributed by atoms with Gasteiger partial charge in [0.2, 0.25) is 0 Å². The maximum atomic E-state index is 6.03. The lowest BCUT2D eigenvalue weighted by Crippen LogP contribution is -2.41. The van der Waals surface area contributed by atoms with E-state index in [1.807, 2.05) is 12.1 Å². The van der Waals surface area contributed by atoms with Crippen LogP contribution in [0.15, 0.2) is 24.5 Å². The van der Waals surface area contributed by atoms with E-state index < -0.39 is 0 Å². The van der Waals surface area contributed by atoms with Gasteiger partial charge in [-0.1, -0.05) is 0 Å². The second-order valence-corrected chi connectivity index (χ2v) is 7.38. The van der Waals surface area contributed by atoms with E-state index in [1.54, 1.807) is 12.4 Å². The minimum Gasteiger partial charge on any atom is -0.489 e. The van der Waals surface area contributed by atoms with E-state index in [0.29, 0.717) is 12.0 Å². The monoisotopic (exact) mass is 302 g/mol. The first kappa shape index (κ1) is 14.5. The molecule has 3 aliphatic rings. The molecule has 4 rings (SSSR count). The summed E-state index contributed by atoms with van der Waals surface area (Å²) in [4.78, 5) is 6.75. The average Bonchev–Trinajstić information content (AvgIpc) is 3.29. The molecule has 120 valence electrons. The molecule has 0 unspecified atom stereocenters. The van der Waals surface area contributed by atoms with Gasteiger partial charge in [-0.25, -0.2) is 0 Å². The molecule has 1 atom stereocenters. The van der Waals surface area contributed by atoms with Gasteiger partial charge in [-0.3, -0.25) is 4.98 Å². The second-order valence-electron chi connectivity index (χ2n) is 7.38. The van der Waals surface area contributed by atoms with Crippen molar-refractivity contribution < 1.29 is 9.47 Å². The van der Waals surface area contributed by atoms with Gasteiger partial charge in [-0.15, -0.1) is 0 Å². The van der Waals surface area contributed by atoms with E-state index in [1.165, 1.54) is 45.3 Å². The predicted molar refractivity (Wildman–Crippen MR) is 84.9 cm³/mol. The van der Waals surface area contributed by atoms with Crippen molar-refractivity contribution in [3.63, 3.8) is 0 Å². The van der Waals surface area contributed by atoms with Crippen LogP contribution < -0.4 is 4.74 Å². The first-order valence-corrected chi connectivity index (χ1v) is 8.68. The lowest BCUT2D eigenvalue weighted by molar-refractivity contribution is 0.0474. The molecule has 2 saturated heterocycles. The van der Waals surface area contributed by atoms with E-state index >= 15 is 0 Å². The summed E-state index contributed by atoms with van der Waals surface area (Å²) in [6.45, 7) is 5.43. The molecule has 1 aliphatic carbocycles. The molecule has 0 radical (unpaired) electrons. The number of aromatic nitrogens is 1. The molecular weight excluding hydrogens is 276 g/mol. The van der Waals surface area contributed by atoms with Crippen molar-refractivity contribution in [3.8, 4) is 5.75 Å². The fourth-order valence-corrected chi connectivity index (χ4v) is 3.85. The number of hydrogen-bond donors (Lipinski definition) is 0. The molecule has 1 saturated carbocycles.